The van der Waals surface area contributed by atoms with Gasteiger partial charge < -0.3 is 9.80 Å². The van der Waals surface area contributed by atoms with Crippen molar-refractivity contribution in [1.82, 2.24) is 9.80 Å². The molecule has 1 heterocycles. The maximum atomic E-state index is 2.64. The van der Waals surface area contributed by atoms with Crippen molar-refractivity contribution in [1.29, 1.82) is 0 Å². The second-order valence-electron chi connectivity index (χ2n) is 9.35. The summed E-state index contributed by atoms with van der Waals surface area (Å²) in [5, 5.41) is 0. The molecular formula is C27H54N2. The van der Waals surface area contributed by atoms with E-state index in [9.17, 15) is 0 Å². The van der Waals surface area contributed by atoms with Crippen molar-refractivity contribution < 1.29 is 0 Å². The zero-order valence-corrected chi connectivity index (χ0v) is 20.5. The van der Waals surface area contributed by atoms with Gasteiger partial charge in [0.05, 0.1) is 0 Å². The molecule has 1 aliphatic heterocycles. The van der Waals surface area contributed by atoms with E-state index in [2.05, 4.69) is 43.0 Å². The molecule has 0 radical (unpaired) electrons. The van der Waals surface area contributed by atoms with Gasteiger partial charge in [0.25, 0.3) is 0 Å². The van der Waals surface area contributed by atoms with E-state index in [1.807, 2.05) is 0 Å². The summed E-state index contributed by atoms with van der Waals surface area (Å²) in [7, 11) is 0. The van der Waals surface area contributed by atoms with E-state index in [-0.39, 0.29) is 0 Å². The van der Waals surface area contributed by atoms with Gasteiger partial charge in [-0.2, -0.15) is 0 Å². The Kier molecular flexibility index (Phi) is 17.6. The Hall–Kier alpha value is -0.660. The molecule has 172 valence electrons. The summed E-state index contributed by atoms with van der Waals surface area (Å²) in [6.07, 6.45) is 32.2. The highest BCUT2D eigenvalue weighted by atomic mass is 15.4. The predicted octanol–water partition coefficient (Wildman–Crippen LogP) is 8.87. The lowest BCUT2D eigenvalue weighted by Crippen LogP contribution is -2.39. The molecule has 0 saturated carbocycles. The van der Waals surface area contributed by atoms with Crippen molar-refractivity contribution in [2.45, 2.75) is 149 Å². The first-order chi connectivity index (χ1) is 14.3. The Morgan fingerprint density at radius 1 is 0.448 bits per heavy atom. The summed E-state index contributed by atoms with van der Waals surface area (Å²) in [5.74, 6) is 0. The molecule has 1 rings (SSSR count). The minimum Gasteiger partial charge on any atom is -0.356 e. The SMILES string of the molecule is CCCCCCCCCCCCCCC1N(CCCC)C=CN1CCCCCC. The molecule has 0 aliphatic carbocycles. The Labute approximate surface area is 184 Å². The fourth-order valence-corrected chi connectivity index (χ4v) is 4.57. The zero-order chi connectivity index (χ0) is 21.0. The van der Waals surface area contributed by atoms with Gasteiger partial charge in [-0.25, -0.2) is 0 Å². The van der Waals surface area contributed by atoms with Crippen LogP contribution in [0.25, 0.3) is 0 Å². The number of nitrogens with zero attached hydrogens (tertiary/aromatic N) is 2. The molecule has 29 heavy (non-hydrogen) atoms. The minimum absolute atomic E-state index is 0.645. The van der Waals surface area contributed by atoms with Crippen LogP contribution in [-0.4, -0.2) is 29.1 Å². The molecule has 0 N–H and O–H groups in total. The fourth-order valence-electron chi connectivity index (χ4n) is 4.57. The molecule has 0 amide bonds. The van der Waals surface area contributed by atoms with Crippen molar-refractivity contribution in [3.05, 3.63) is 12.4 Å². The molecule has 0 saturated heterocycles. The van der Waals surface area contributed by atoms with Crippen molar-refractivity contribution >= 4 is 0 Å². The third kappa shape index (κ3) is 13.3. The van der Waals surface area contributed by atoms with Gasteiger partial charge in [-0.15, -0.1) is 0 Å². The average molecular weight is 407 g/mol. The molecule has 0 bridgehead atoms. The smallest absolute Gasteiger partial charge is 0.101 e. The van der Waals surface area contributed by atoms with E-state index < -0.39 is 0 Å². The maximum Gasteiger partial charge on any atom is 0.101 e. The van der Waals surface area contributed by atoms with Gasteiger partial charge in [-0.05, 0) is 25.7 Å². The van der Waals surface area contributed by atoms with Crippen molar-refractivity contribution in [2.24, 2.45) is 0 Å². The summed E-state index contributed by atoms with van der Waals surface area (Å²) >= 11 is 0. The lowest BCUT2D eigenvalue weighted by atomic mass is 10.0. The largest absolute Gasteiger partial charge is 0.356 e. The highest BCUT2D eigenvalue weighted by Crippen LogP contribution is 2.23. The topological polar surface area (TPSA) is 6.48 Å². The Bertz CT molecular complexity index is 366. The summed E-state index contributed by atoms with van der Waals surface area (Å²) in [4.78, 5) is 5.27. The zero-order valence-electron chi connectivity index (χ0n) is 20.5. The summed E-state index contributed by atoms with van der Waals surface area (Å²) in [6, 6.07) is 0. The van der Waals surface area contributed by atoms with Gasteiger partial charge in [-0.1, -0.05) is 117 Å². The monoisotopic (exact) mass is 406 g/mol. The lowest BCUT2D eigenvalue weighted by molar-refractivity contribution is 0.136. The Balaban J connectivity index is 2.11. The van der Waals surface area contributed by atoms with Crippen LogP contribution in [0.5, 0.6) is 0 Å². The van der Waals surface area contributed by atoms with Crippen LogP contribution in [0, 0.1) is 0 Å². The number of hydrogen-bond acceptors (Lipinski definition) is 2. The highest BCUT2D eigenvalue weighted by Gasteiger charge is 2.24. The third-order valence-corrected chi connectivity index (χ3v) is 6.57. The molecule has 2 nitrogen and oxygen atoms in total. The first-order valence-corrected chi connectivity index (χ1v) is 13.5. The first kappa shape index (κ1) is 26.4. The Morgan fingerprint density at radius 3 is 1.31 bits per heavy atom. The molecule has 0 aromatic heterocycles. The number of rotatable bonds is 21. The summed E-state index contributed by atoms with van der Waals surface area (Å²) in [5.41, 5.74) is 0. The van der Waals surface area contributed by atoms with Gasteiger partial charge in [0.1, 0.15) is 6.17 Å². The van der Waals surface area contributed by atoms with Crippen molar-refractivity contribution in [3.63, 3.8) is 0 Å². The Morgan fingerprint density at radius 2 is 0.828 bits per heavy atom. The predicted molar refractivity (Wildman–Crippen MR) is 131 cm³/mol. The molecule has 2 heteroatoms. The summed E-state index contributed by atoms with van der Waals surface area (Å²) in [6.45, 7) is 9.40. The van der Waals surface area contributed by atoms with Crippen LogP contribution in [0.15, 0.2) is 12.4 Å². The molecular weight excluding hydrogens is 352 g/mol. The van der Waals surface area contributed by atoms with E-state index in [4.69, 9.17) is 0 Å². The lowest BCUT2D eigenvalue weighted by Gasteiger charge is -2.33. The van der Waals surface area contributed by atoms with Gasteiger partial charge in [-0.3, -0.25) is 0 Å². The van der Waals surface area contributed by atoms with Gasteiger partial charge >= 0.3 is 0 Å². The van der Waals surface area contributed by atoms with E-state index in [1.165, 1.54) is 135 Å². The van der Waals surface area contributed by atoms with Gasteiger partial charge in [0.2, 0.25) is 0 Å². The fraction of sp³-hybridized carbons (Fsp3) is 0.926. The molecule has 1 atom stereocenters. The molecule has 0 fully saturated rings. The highest BCUT2D eigenvalue weighted by molar-refractivity contribution is 4.96. The van der Waals surface area contributed by atoms with E-state index in [0.717, 1.165) is 0 Å². The van der Waals surface area contributed by atoms with Crippen LogP contribution in [0.2, 0.25) is 0 Å². The standard InChI is InChI=1S/C27H54N2/c1-4-7-10-12-13-14-15-16-17-18-19-20-22-27-28(23-9-6-3)25-26-29(27)24-21-11-8-5-2/h25-27H,4-24H2,1-3H3. The minimum atomic E-state index is 0.645. The van der Waals surface area contributed by atoms with Crippen molar-refractivity contribution in [2.75, 3.05) is 13.1 Å². The molecule has 0 aromatic carbocycles. The molecule has 0 aromatic rings. The van der Waals surface area contributed by atoms with Crippen LogP contribution < -0.4 is 0 Å². The maximum absolute atomic E-state index is 2.64. The van der Waals surface area contributed by atoms with Crippen LogP contribution in [0.1, 0.15) is 143 Å². The molecule has 1 aliphatic rings. The average Bonchev–Trinajstić information content (AvgIpc) is 3.12. The van der Waals surface area contributed by atoms with Crippen LogP contribution in [0.4, 0.5) is 0 Å². The number of unbranched alkanes of at least 4 members (excludes halogenated alkanes) is 15. The normalized spacial score (nSPS) is 16.3. The van der Waals surface area contributed by atoms with Crippen LogP contribution >= 0.6 is 0 Å². The molecule has 0 spiro atoms. The quantitative estimate of drug-likeness (QED) is 0.176. The van der Waals surface area contributed by atoms with Crippen LogP contribution in [-0.2, 0) is 0 Å². The number of hydrogen-bond donors (Lipinski definition) is 0. The first-order valence-electron chi connectivity index (χ1n) is 13.5. The molecule has 1 unspecified atom stereocenters. The van der Waals surface area contributed by atoms with E-state index in [1.54, 1.807) is 0 Å². The summed E-state index contributed by atoms with van der Waals surface area (Å²) < 4.78 is 0. The van der Waals surface area contributed by atoms with Gasteiger partial charge in [0, 0.05) is 25.5 Å². The second kappa shape index (κ2) is 19.3. The second-order valence-corrected chi connectivity index (χ2v) is 9.35. The van der Waals surface area contributed by atoms with E-state index in [0.29, 0.717) is 6.17 Å². The van der Waals surface area contributed by atoms with Crippen molar-refractivity contribution in [3.8, 4) is 0 Å². The van der Waals surface area contributed by atoms with Gasteiger partial charge in [0.15, 0.2) is 0 Å². The van der Waals surface area contributed by atoms with E-state index >= 15 is 0 Å². The van der Waals surface area contributed by atoms with Crippen LogP contribution in [0.3, 0.4) is 0 Å². The third-order valence-electron chi connectivity index (χ3n) is 6.57.